The molecule has 0 spiro atoms. The smallest absolute Gasteiger partial charge is 0.352 e. The van der Waals surface area contributed by atoms with E-state index >= 15 is 0 Å². The fourth-order valence-corrected chi connectivity index (χ4v) is 3.52. The predicted octanol–water partition coefficient (Wildman–Crippen LogP) is 5.04. The number of aromatic nitrogens is 1. The summed E-state index contributed by atoms with van der Waals surface area (Å²) in [7, 11) is 0. The number of nitrogens with one attached hydrogen (secondary N) is 1. The minimum atomic E-state index is -1.18. The van der Waals surface area contributed by atoms with E-state index in [9.17, 15) is 14.7 Å². The summed E-state index contributed by atoms with van der Waals surface area (Å²) in [6.07, 6.45) is 8.91. The third kappa shape index (κ3) is 6.32. The van der Waals surface area contributed by atoms with Crippen molar-refractivity contribution in [1.29, 1.82) is 0 Å². The SMILES string of the molecule is O=C(CCC1CCCC1)NC(=Cc1ccc(Oc2ncccc2Cl)cc1)C(=O)O. The molecular formula is C22H23ClN2O4. The van der Waals surface area contributed by atoms with E-state index in [1.54, 1.807) is 42.6 Å². The van der Waals surface area contributed by atoms with Crippen LogP contribution in [0.4, 0.5) is 0 Å². The van der Waals surface area contributed by atoms with Gasteiger partial charge in [0.1, 0.15) is 16.5 Å². The van der Waals surface area contributed by atoms with Gasteiger partial charge in [-0.3, -0.25) is 4.79 Å². The Morgan fingerprint density at radius 1 is 1.21 bits per heavy atom. The van der Waals surface area contributed by atoms with Gasteiger partial charge in [0, 0.05) is 12.6 Å². The number of nitrogens with zero attached hydrogens (tertiary/aromatic N) is 1. The highest BCUT2D eigenvalue weighted by Gasteiger charge is 2.17. The molecule has 0 atom stereocenters. The van der Waals surface area contributed by atoms with Crippen molar-refractivity contribution in [3.8, 4) is 11.6 Å². The number of benzene rings is 1. The van der Waals surface area contributed by atoms with Gasteiger partial charge in [-0.25, -0.2) is 9.78 Å². The molecule has 0 radical (unpaired) electrons. The molecule has 1 fully saturated rings. The summed E-state index contributed by atoms with van der Waals surface area (Å²) in [6, 6.07) is 10.1. The van der Waals surface area contributed by atoms with Gasteiger partial charge in [-0.2, -0.15) is 0 Å². The van der Waals surface area contributed by atoms with Gasteiger partial charge in [0.15, 0.2) is 0 Å². The highest BCUT2D eigenvalue weighted by atomic mass is 35.5. The number of carbonyl (C=O) groups is 2. The molecule has 7 heteroatoms. The number of pyridine rings is 1. The van der Waals surface area contributed by atoms with Gasteiger partial charge in [-0.05, 0) is 48.2 Å². The Labute approximate surface area is 174 Å². The lowest BCUT2D eigenvalue weighted by molar-refractivity contribution is -0.134. The topological polar surface area (TPSA) is 88.5 Å². The van der Waals surface area contributed by atoms with Crippen LogP contribution in [-0.2, 0) is 9.59 Å². The van der Waals surface area contributed by atoms with Crippen molar-refractivity contribution in [3.63, 3.8) is 0 Å². The molecule has 0 saturated heterocycles. The Balaban J connectivity index is 1.61. The number of aliphatic carboxylic acids is 1. The average Bonchev–Trinajstić information content (AvgIpc) is 3.23. The number of carboxylic acid groups (broad SMARTS) is 1. The van der Waals surface area contributed by atoms with Gasteiger partial charge in [-0.15, -0.1) is 0 Å². The maximum Gasteiger partial charge on any atom is 0.352 e. The standard InChI is InChI=1S/C22H23ClN2O4/c23-18-6-3-13-24-21(18)29-17-10-7-16(8-11-17)14-19(22(27)28)25-20(26)12-9-15-4-1-2-5-15/h3,6-8,10-11,13-15H,1-2,4-5,9,12H2,(H,25,26)(H,27,28). The maximum absolute atomic E-state index is 12.1. The summed E-state index contributed by atoms with van der Waals surface area (Å²) in [5, 5.41) is 12.3. The molecule has 2 aromatic rings. The minimum absolute atomic E-state index is 0.150. The van der Waals surface area contributed by atoms with E-state index < -0.39 is 5.97 Å². The zero-order valence-corrected chi connectivity index (χ0v) is 16.7. The monoisotopic (exact) mass is 414 g/mol. The minimum Gasteiger partial charge on any atom is -0.477 e. The Morgan fingerprint density at radius 3 is 2.59 bits per heavy atom. The largest absolute Gasteiger partial charge is 0.477 e. The van der Waals surface area contributed by atoms with Gasteiger partial charge in [0.2, 0.25) is 11.8 Å². The molecule has 0 aliphatic heterocycles. The summed E-state index contributed by atoms with van der Waals surface area (Å²) >= 11 is 6.02. The van der Waals surface area contributed by atoms with E-state index in [1.165, 1.54) is 18.9 Å². The highest BCUT2D eigenvalue weighted by molar-refractivity contribution is 6.31. The lowest BCUT2D eigenvalue weighted by atomic mass is 10.0. The molecule has 1 aromatic carbocycles. The number of hydrogen-bond acceptors (Lipinski definition) is 4. The summed E-state index contributed by atoms with van der Waals surface area (Å²) < 4.78 is 5.61. The van der Waals surface area contributed by atoms with E-state index in [-0.39, 0.29) is 11.6 Å². The van der Waals surface area contributed by atoms with Crippen molar-refractivity contribution in [2.45, 2.75) is 38.5 Å². The van der Waals surface area contributed by atoms with Crippen molar-refractivity contribution < 1.29 is 19.4 Å². The molecule has 1 amide bonds. The van der Waals surface area contributed by atoms with E-state index in [1.807, 2.05) is 0 Å². The molecule has 3 rings (SSSR count). The van der Waals surface area contributed by atoms with Crippen LogP contribution >= 0.6 is 11.6 Å². The summed E-state index contributed by atoms with van der Waals surface area (Å²) in [5.74, 6) is -0.0632. The predicted molar refractivity (Wildman–Crippen MR) is 111 cm³/mol. The zero-order chi connectivity index (χ0) is 20.6. The molecule has 152 valence electrons. The van der Waals surface area contributed by atoms with E-state index in [0.717, 1.165) is 19.3 Å². The fourth-order valence-electron chi connectivity index (χ4n) is 3.35. The first-order chi connectivity index (χ1) is 14.0. The molecule has 1 saturated carbocycles. The van der Waals surface area contributed by atoms with Crippen molar-refractivity contribution in [2.24, 2.45) is 5.92 Å². The Bertz CT molecular complexity index is 890. The zero-order valence-electron chi connectivity index (χ0n) is 15.9. The fraction of sp³-hybridized carbons (Fsp3) is 0.318. The first-order valence-corrected chi connectivity index (χ1v) is 10.0. The van der Waals surface area contributed by atoms with Crippen LogP contribution in [0.15, 0.2) is 48.3 Å². The summed E-state index contributed by atoms with van der Waals surface area (Å²) in [4.78, 5) is 27.7. The van der Waals surface area contributed by atoms with Gasteiger partial charge in [0.05, 0.1) is 0 Å². The van der Waals surface area contributed by atoms with Crippen LogP contribution in [0.25, 0.3) is 6.08 Å². The Morgan fingerprint density at radius 2 is 1.93 bits per heavy atom. The van der Waals surface area contributed by atoms with E-state index in [0.29, 0.717) is 34.6 Å². The van der Waals surface area contributed by atoms with Crippen LogP contribution in [0.3, 0.4) is 0 Å². The Hall–Kier alpha value is -2.86. The van der Waals surface area contributed by atoms with Gasteiger partial charge >= 0.3 is 5.97 Å². The first-order valence-electron chi connectivity index (χ1n) is 9.64. The molecule has 1 aliphatic carbocycles. The number of amides is 1. The quantitative estimate of drug-likeness (QED) is 0.591. The normalized spacial score (nSPS) is 14.6. The number of ether oxygens (including phenoxy) is 1. The van der Waals surface area contributed by atoms with Crippen LogP contribution in [0.1, 0.15) is 44.1 Å². The van der Waals surface area contributed by atoms with Gasteiger partial charge in [-0.1, -0.05) is 49.4 Å². The van der Waals surface area contributed by atoms with Gasteiger partial charge in [0.25, 0.3) is 0 Å². The highest BCUT2D eigenvalue weighted by Crippen LogP contribution is 2.29. The van der Waals surface area contributed by atoms with E-state index in [2.05, 4.69) is 10.3 Å². The van der Waals surface area contributed by atoms with Crippen LogP contribution in [0.5, 0.6) is 11.6 Å². The second kappa shape index (κ2) is 10.1. The molecular weight excluding hydrogens is 392 g/mol. The first kappa shape index (κ1) is 20.9. The number of carboxylic acids is 1. The maximum atomic E-state index is 12.1. The third-order valence-corrected chi connectivity index (χ3v) is 5.18. The molecule has 6 nitrogen and oxygen atoms in total. The summed E-state index contributed by atoms with van der Waals surface area (Å²) in [5.41, 5.74) is 0.473. The lowest BCUT2D eigenvalue weighted by Crippen LogP contribution is -2.27. The second-order valence-electron chi connectivity index (χ2n) is 7.06. The third-order valence-electron chi connectivity index (χ3n) is 4.89. The molecule has 29 heavy (non-hydrogen) atoms. The molecule has 1 aromatic heterocycles. The van der Waals surface area contributed by atoms with Gasteiger partial charge < -0.3 is 15.2 Å². The average molecular weight is 415 g/mol. The van der Waals surface area contributed by atoms with E-state index in [4.69, 9.17) is 16.3 Å². The lowest BCUT2D eigenvalue weighted by Gasteiger charge is -2.10. The van der Waals surface area contributed by atoms with Crippen molar-refractivity contribution in [2.75, 3.05) is 0 Å². The molecule has 2 N–H and O–H groups in total. The van der Waals surface area contributed by atoms with Crippen molar-refractivity contribution in [1.82, 2.24) is 10.3 Å². The number of hydrogen-bond donors (Lipinski definition) is 2. The molecule has 0 bridgehead atoms. The number of carbonyl (C=O) groups excluding carboxylic acids is 1. The number of rotatable bonds is 8. The van der Waals surface area contributed by atoms with Crippen LogP contribution in [-0.4, -0.2) is 22.0 Å². The van der Waals surface area contributed by atoms with Crippen LogP contribution < -0.4 is 10.1 Å². The van der Waals surface area contributed by atoms with Crippen LogP contribution in [0, 0.1) is 5.92 Å². The molecule has 0 unspecified atom stereocenters. The molecule has 1 aliphatic rings. The molecule has 1 heterocycles. The Kier molecular flexibility index (Phi) is 7.25. The van der Waals surface area contributed by atoms with Crippen molar-refractivity contribution in [3.05, 3.63) is 58.9 Å². The second-order valence-corrected chi connectivity index (χ2v) is 7.47. The van der Waals surface area contributed by atoms with Crippen LogP contribution in [0.2, 0.25) is 5.02 Å². The summed E-state index contributed by atoms with van der Waals surface area (Å²) in [6.45, 7) is 0. The number of halogens is 1. The van der Waals surface area contributed by atoms with Crippen molar-refractivity contribution >= 4 is 29.6 Å².